The van der Waals surface area contributed by atoms with E-state index in [1.807, 2.05) is 17.5 Å². The van der Waals surface area contributed by atoms with Gasteiger partial charge in [0, 0.05) is 9.77 Å². The summed E-state index contributed by atoms with van der Waals surface area (Å²) in [6.07, 6.45) is 0. The molecule has 0 aliphatic carbocycles. The lowest BCUT2D eigenvalue weighted by Gasteiger charge is -2.21. The molecular weight excluding hydrogens is 305 g/mol. The van der Waals surface area contributed by atoms with Crippen LogP contribution in [0, 0.1) is 11.7 Å². The van der Waals surface area contributed by atoms with E-state index >= 15 is 0 Å². The molecule has 5 heteroatoms. The molecule has 1 N–H and O–H groups in total. The van der Waals surface area contributed by atoms with Crippen LogP contribution in [0.5, 0.6) is 0 Å². The standard InChI is InChI=1S/C16H18FNOS2/c1-11(2)16(14-4-3-9-20-14)18-15(19)10-21-13-7-5-12(17)6-8-13/h3-9,11,16H,10H2,1-2H3,(H,18,19)/t16-/m1/s1. The van der Waals surface area contributed by atoms with E-state index in [9.17, 15) is 9.18 Å². The molecule has 2 rings (SSSR count). The summed E-state index contributed by atoms with van der Waals surface area (Å²) in [4.78, 5) is 14.2. The molecule has 2 aromatic rings. The number of rotatable bonds is 6. The minimum Gasteiger partial charge on any atom is -0.347 e. The maximum absolute atomic E-state index is 12.8. The Morgan fingerprint density at radius 2 is 2.00 bits per heavy atom. The second kappa shape index (κ2) is 7.61. The van der Waals surface area contributed by atoms with Gasteiger partial charge >= 0.3 is 0 Å². The highest BCUT2D eigenvalue weighted by atomic mass is 32.2. The molecule has 0 saturated heterocycles. The lowest BCUT2D eigenvalue weighted by atomic mass is 10.0. The monoisotopic (exact) mass is 323 g/mol. The molecule has 0 fully saturated rings. The first-order valence-electron chi connectivity index (χ1n) is 6.77. The van der Waals surface area contributed by atoms with Crippen molar-refractivity contribution in [1.29, 1.82) is 0 Å². The molecule has 1 amide bonds. The van der Waals surface area contributed by atoms with Gasteiger partial charge < -0.3 is 5.32 Å². The van der Waals surface area contributed by atoms with Crippen LogP contribution in [-0.2, 0) is 4.79 Å². The van der Waals surface area contributed by atoms with E-state index in [1.54, 1.807) is 23.5 Å². The summed E-state index contributed by atoms with van der Waals surface area (Å²) in [5.41, 5.74) is 0. The predicted octanol–water partition coefficient (Wildman–Crippen LogP) is 4.49. The van der Waals surface area contributed by atoms with Crippen molar-refractivity contribution < 1.29 is 9.18 Å². The Hall–Kier alpha value is -1.33. The first-order chi connectivity index (χ1) is 10.1. The van der Waals surface area contributed by atoms with Gasteiger partial charge in [0.2, 0.25) is 5.91 Å². The quantitative estimate of drug-likeness (QED) is 0.793. The number of thiophene rings is 1. The SMILES string of the molecule is CC(C)[C@@H](NC(=O)CSc1ccc(F)cc1)c1cccs1. The van der Waals surface area contributed by atoms with Crippen LogP contribution in [0.25, 0.3) is 0 Å². The van der Waals surface area contributed by atoms with Crippen LogP contribution in [0.4, 0.5) is 4.39 Å². The Balaban J connectivity index is 1.89. The van der Waals surface area contributed by atoms with E-state index in [0.29, 0.717) is 11.7 Å². The molecule has 0 radical (unpaired) electrons. The fourth-order valence-corrected chi connectivity index (χ4v) is 3.59. The molecule has 0 aliphatic rings. The number of carbonyl (C=O) groups is 1. The topological polar surface area (TPSA) is 29.1 Å². The fraction of sp³-hybridized carbons (Fsp3) is 0.312. The number of benzene rings is 1. The van der Waals surface area contributed by atoms with Crippen molar-refractivity contribution in [1.82, 2.24) is 5.32 Å². The average Bonchev–Trinajstić information content (AvgIpc) is 2.97. The Labute approximate surface area is 132 Å². The minimum atomic E-state index is -0.263. The van der Waals surface area contributed by atoms with Gasteiger partial charge in [-0.3, -0.25) is 4.79 Å². The average molecular weight is 323 g/mol. The minimum absolute atomic E-state index is 0.00331. The largest absolute Gasteiger partial charge is 0.347 e. The molecule has 1 aromatic carbocycles. The molecule has 1 heterocycles. The van der Waals surface area contributed by atoms with E-state index in [2.05, 4.69) is 19.2 Å². The molecule has 1 atom stereocenters. The van der Waals surface area contributed by atoms with Gasteiger partial charge in [-0.15, -0.1) is 23.1 Å². The molecule has 112 valence electrons. The van der Waals surface area contributed by atoms with E-state index in [4.69, 9.17) is 0 Å². The number of carbonyl (C=O) groups excluding carboxylic acids is 1. The zero-order valence-corrected chi connectivity index (χ0v) is 13.6. The highest BCUT2D eigenvalue weighted by Gasteiger charge is 2.19. The van der Waals surface area contributed by atoms with E-state index < -0.39 is 0 Å². The van der Waals surface area contributed by atoms with Crippen LogP contribution in [-0.4, -0.2) is 11.7 Å². The summed E-state index contributed by atoms with van der Waals surface area (Å²) in [6.45, 7) is 4.19. The first kappa shape index (κ1) is 16.0. The van der Waals surface area contributed by atoms with Crippen LogP contribution >= 0.6 is 23.1 Å². The number of halogens is 1. The summed E-state index contributed by atoms with van der Waals surface area (Å²) in [6, 6.07) is 10.3. The Morgan fingerprint density at radius 1 is 1.29 bits per heavy atom. The van der Waals surface area contributed by atoms with Crippen LogP contribution in [0.1, 0.15) is 24.8 Å². The van der Waals surface area contributed by atoms with Gasteiger partial charge in [0.1, 0.15) is 5.82 Å². The Morgan fingerprint density at radius 3 is 2.57 bits per heavy atom. The molecule has 0 saturated carbocycles. The summed E-state index contributed by atoms with van der Waals surface area (Å²) in [7, 11) is 0. The Bertz CT molecular complexity index is 566. The van der Waals surface area contributed by atoms with Gasteiger partial charge in [-0.05, 0) is 41.6 Å². The summed E-state index contributed by atoms with van der Waals surface area (Å²) >= 11 is 3.07. The second-order valence-electron chi connectivity index (χ2n) is 5.05. The summed E-state index contributed by atoms with van der Waals surface area (Å²) < 4.78 is 12.8. The number of hydrogen-bond acceptors (Lipinski definition) is 3. The van der Waals surface area contributed by atoms with Crippen molar-refractivity contribution in [3.63, 3.8) is 0 Å². The highest BCUT2D eigenvalue weighted by molar-refractivity contribution is 8.00. The van der Waals surface area contributed by atoms with Crippen LogP contribution in [0.3, 0.4) is 0 Å². The van der Waals surface area contributed by atoms with Crippen LogP contribution < -0.4 is 5.32 Å². The number of amides is 1. The molecule has 2 nitrogen and oxygen atoms in total. The van der Waals surface area contributed by atoms with Gasteiger partial charge in [-0.25, -0.2) is 4.39 Å². The highest BCUT2D eigenvalue weighted by Crippen LogP contribution is 2.26. The van der Waals surface area contributed by atoms with Crippen LogP contribution in [0.15, 0.2) is 46.7 Å². The molecule has 1 aromatic heterocycles. The third kappa shape index (κ3) is 4.86. The van der Waals surface area contributed by atoms with Crippen LogP contribution in [0.2, 0.25) is 0 Å². The maximum Gasteiger partial charge on any atom is 0.230 e. The molecule has 0 spiro atoms. The van der Waals surface area contributed by atoms with Crippen molar-refractivity contribution in [3.8, 4) is 0 Å². The molecule has 0 unspecified atom stereocenters. The summed E-state index contributed by atoms with van der Waals surface area (Å²) in [5.74, 6) is 0.404. The maximum atomic E-state index is 12.8. The Kier molecular flexibility index (Phi) is 5.82. The second-order valence-corrected chi connectivity index (χ2v) is 7.08. The van der Waals surface area contributed by atoms with Gasteiger partial charge in [0.05, 0.1) is 11.8 Å². The summed E-state index contributed by atoms with van der Waals surface area (Å²) in [5, 5.41) is 5.10. The van der Waals surface area contributed by atoms with Gasteiger partial charge in [-0.2, -0.15) is 0 Å². The molecule has 21 heavy (non-hydrogen) atoms. The molecular formula is C16H18FNOS2. The third-order valence-corrected chi connectivity index (χ3v) is 4.98. The number of hydrogen-bond donors (Lipinski definition) is 1. The third-order valence-electron chi connectivity index (χ3n) is 3.02. The lowest BCUT2D eigenvalue weighted by molar-refractivity contribution is -0.119. The zero-order valence-electron chi connectivity index (χ0n) is 12.0. The van der Waals surface area contributed by atoms with E-state index in [1.165, 1.54) is 28.8 Å². The zero-order chi connectivity index (χ0) is 15.2. The smallest absolute Gasteiger partial charge is 0.230 e. The van der Waals surface area contributed by atoms with Crippen molar-refractivity contribution in [2.45, 2.75) is 24.8 Å². The fourth-order valence-electron chi connectivity index (χ4n) is 1.93. The van der Waals surface area contributed by atoms with Crippen molar-refractivity contribution in [2.24, 2.45) is 5.92 Å². The van der Waals surface area contributed by atoms with Gasteiger partial charge in [-0.1, -0.05) is 19.9 Å². The van der Waals surface area contributed by atoms with Gasteiger partial charge in [0.15, 0.2) is 0 Å². The van der Waals surface area contributed by atoms with Crippen molar-refractivity contribution in [3.05, 3.63) is 52.5 Å². The van der Waals surface area contributed by atoms with Crippen molar-refractivity contribution in [2.75, 3.05) is 5.75 Å². The number of nitrogens with one attached hydrogen (secondary N) is 1. The normalized spacial score (nSPS) is 12.4. The lowest BCUT2D eigenvalue weighted by Crippen LogP contribution is -2.32. The molecule has 0 aliphatic heterocycles. The van der Waals surface area contributed by atoms with Crippen molar-refractivity contribution >= 4 is 29.0 Å². The predicted molar refractivity (Wildman–Crippen MR) is 87.2 cm³/mol. The van der Waals surface area contributed by atoms with E-state index in [-0.39, 0.29) is 17.8 Å². The van der Waals surface area contributed by atoms with Gasteiger partial charge in [0.25, 0.3) is 0 Å². The first-order valence-corrected chi connectivity index (χ1v) is 8.64. The van der Waals surface area contributed by atoms with E-state index in [0.717, 1.165) is 4.90 Å². The number of thioether (sulfide) groups is 1. The molecule has 0 bridgehead atoms.